The van der Waals surface area contributed by atoms with E-state index in [4.69, 9.17) is 4.74 Å². The molecule has 0 bridgehead atoms. The molecule has 27 heavy (non-hydrogen) atoms. The molecule has 1 aliphatic heterocycles. The summed E-state index contributed by atoms with van der Waals surface area (Å²) in [6.07, 6.45) is 0.829. The first-order chi connectivity index (χ1) is 12.6. The molecule has 0 spiro atoms. The van der Waals surface area contributed by atoms with E-state index < -0.39 is 0 Å². The van der Waals surface area contributed by atoms with Gasteiger partial charge in [0.15, 0.2) is 0 Å². The van der Waals surface area contributed by atoms with Gasteiger partial charge in [0.25, 0.3) is 5.91 Å². The Kier molecular flexibility index (Phi) is 6.47. The maximum absolute atomic E-state index is 12.8. The lowest BCUT2D eigenvalue weighted by molar-refractivity contribution is -0.141. The normalized spacial score (nSPS) is 18.9. The molecular formula is C22H32N2O3. The van der Waals surface area contributed by atoms with Crippen LogP contribution >= 0.6 is 0 Å². The summed E-state index contributed by atoms with van der Waals surface area (Å²) < 4.78 is 4.93. The fourth-order valence-electron chi connectivity index (χ4n) is 3.65. The number of hydrogen-bond acceptors (Lipinski definition) is 4. The number of benzene rings is 1. The van der Waals surface area contributed by atoms with Crippen molar-refractivity contribution in [3.8, 4) is 0 Å². The van der Waals surface area contributed by atoms with Gasteiger partial charge in [-0.1, -0.05) is 31.2 Å². The van der Waals surface area contributed by atoms with Crippen LogP contribution in [0.1, 0.15) is 65.1 Å². The zero-order chi connectivity index (χ0) is 20.4. The van der Waals surface area contributed by atoms with E-state index in [2.05, 4.69) is 18.3 Å². The zero-order valence-corrected chi connectivity index (χ0v) is 17.6. The summed E-state index contributed by atoms with van der Waals surface area (Å²) in [5, 5.41) is 3.59. The zero-order valence-electron chi connectivity index (χ0n) is 17.6. The number of methoxy groups -OCH3 is 1. The van der Waals surface area contributed by atoms with Crippen molar-refractivity contribution in [2.45, 2.75) is 72.1 Å². The molecule has 0 aliphatic carbocycles. The number of nitrogens with zero attached hydrogens (tertiary/aromatic N) is 1. The lowest BCUT2D eigenvalue weighted by Crippen LogP contribution is -2.55. The number of carbonyl (C=O) groups is 2. The molecule has 0 saturated carbocycles. The van der Waals surface area contributed by atoms with Gasteiger partial charge in [-0.2, -0.15) is 0 Å². The fourth-order valence-corrected chi connectivity index (χ4v) is 3.65. The Morgan fingerprint density at radius 3 is 2.44 bits per heavy atom. The molecule has 148 valence electrons. The highest BCUT2D eigenvalue weighted by Crippen LogP contribution is 2.33. The molecule has 1 heterocycles. The van der Waals surface area contributed by atoms with Crippen LogP contribution in [-0.2, 0) is 20.7 Å². The molecule has 0 unspecified atom stereocenters. The van der Waals surface area contributed by atoms with E-state index in [9.17, 15) is 9.59 Å². The Labute approximate surface area is 162 Å². The van der Waals surface area contributed by atoms with Crippen LogP contribution in [0.4, 0.5) is 0 Å². The van der Waals surface area contributed by atoms with Crippen molar-refractivity contribution in [2.75, 3.05) is 7.11 Å². The second-order valence-electron chi connectivity index (χ2n) is 8.11. The standard InChI is InChI=1S/C22H32N2O3/c1-8-16-11-9-10-12-17(16)18(13-19(25)27-7)23-20-14(2)15(3)21(26)24(20)22(4,5)6/h9-12,18,20,23H,8,13H2,1-7H3/t18-,20+/m0/s1. The van der Waals surface area contributed by atoms with Gasteiger partial charge in [0.1, 0.15) is 6.17 Å². The highest BCUT2D eigenvalue weighted by atomic mass is 16.5. The number of esters is 1. The predicted molar refractivity (Wildman–Crippen MR) is 107 cm³/mol. The Morgan fingerprint density at radius 1 is 1.26 bits per heavy atom. The first-order valence-corrected chi connectivity index (χ1v) is 9.53. The smallest absolute Gasteiger partial charge is 0.307 e. The Hall–Kier alpha value is -2.14. The molecule has 0 saturated heterocycles. The largest absolute Gasteiger partial charge is 0.469 e. The third-order valence-electron chi connectivity index (χ3n) is 5.29. The number of rotatable bonds is 6. The lowest BCUT2D eigenvalue weighted by atomic mass is 9.95. The van der Waals surface area contributed by atoms with Crippen LogP contribution in [0, 0.1) is 0 Å². The molecule has 5 heteroatoms. The number of hydrogen-bond donors (Lipinski definition) is 1. The third-order valence-corrected chi connectivity index (χ3v) is 5.29. The van der Waals surface area contributed by atoms with Gasteiger partial charge in [0.05, 0.1) is 13.5 Å². The molecule has 1 aromatic carbocycles. The maximum Gasteiger partial charge on any atom is 0.307 e. The highest BCUT2D eigenvalue weighted by Gasteiger charge is 2.42. The topological polar surface area (TPSA) is 58.6 Å². The van der Waals surface area contributed by atoms with Crippen molar-refractivity contribution < 1.29 is 14.3 Å². The minimum atomic E-state index is -0.339. The summed E-state index contributed by atoms with van der Waals surface area (Å²) in [7, 11) is 1.40. The maximum atomic E-state index is 12.8. The van der Waals surface area contributed by atoms with Gasteiger partial charge >= 0.3 is 5.97 Å². The van der Waals surface area contributed by atoms with Crippen LogP contribution in [0.25, 0.3) is 0 Å². The SMILES string of the molecule is CCc1ccccc1[C@H](CC(=O)OC)N[C@H]1C(C)=C(C)C(=O)N1C(C)(C)C. The van der Waals surface area contributed by atoms with Crippen LogP contribution in [0.2, 0.25) is 0 Å². The minimum absolute atomic E-state index is 0.0399. The second-order valence-corrected chi connectivity index (χ2v) is 8.11. The van der Waals surface area contributed by atoms with Gasteiger partial charge in [0, 0.05) is 17.2 Å². The number of ether oxygens (including phenoxy) is 1. The van der Waals surface area contributed by atoms with Gasteiger partial charge in [-0.25, -0.2) is 0 Å². The van der Waals surface area contributed by atoms with Crippen LogP contribution in [0.5, 0.6) is 0 Å². The molecule has 5 nitrogen and oxygen atoms in total. The summed E-state index contributed by atoms with van der Waals surface area (Å²) in [6, 6.07) is 7.88. The molecule has 0 radical (unpaired) electrons. The Balaban J connectivity index is 2.44. The van der Waals surface area contributed by atoms with Crippen LogP contribution in [-0.4, -0.2) is 35.6 Å². The number of amides is 1. The van der Waals surface area contributed by atoms with Crippen molar-refractivity contribution >= 4 is 11.9 Å². The molecular weight excluding hydrogens is 340 g/mol. The Morgan fingerprint density at radius 2 is 1.89 bits per heavy atom. The van der Waals surface area contributed by atoms with Gasteiger partial charge in [0.2, 0.25) is 0 Å². The summed E-state index contributed by atoms with van der Waals surface area (Å²) in [5.74, 6) is -0.235. The van der Waals surface area contributed by atoms with Gasteiger partial charge < -0.3 is 9.64 Å². The number of carbonyl (C=O) groups excluding carboxylic acids is 2. The van der Waals surface area contributed by atoms with Crippen molar-refractivity contribution in [2.24, 2.45) is 0 Å². The molecule has 0 aromatic heterocycles. The van der Waals surface area contributed by atoms with E-state index in [1.54, 1.807) is 0 Å². The minimum Gasteiger partial charge on any atom is -0.469 e. The van der Waals surface area contributed by atoms with Gasteiger partial charge in [-0.15, -0.1) is 0 Å². The molecule has 1 amide bonds. The summed E-state index contributed by atoms with van der Waals surface area (Å²) in [6.45, 7) is 12.0. The molecule has 1 aromatic rings. The van der Waals surface area contributed by atoms with E-state index in [0.29, 0.717) is 0 Å². The molecule has 0 fully saturated rings. The van der Waals surface area contributed by atoms with Crippen LogP contribution < -0.4 is 5.32 Å². The fraction of sp³-hybridized carbons (Fsp3) is 0.545. The first kappa shape index (κ1) is 21.2. The van der Waals surface area contributed by atoms with E-state index >= 15 is 0 Å². The van der Waals surface area contributed by atoms with Crippen molar-refractivity contribution in [3.05, 3.63) is 46.5 Å². The Bertz CT molecular complexity index is 746. The average molecular weight is 373 g/mol. The van der Waals surface area contributed by atoms with E-state index in [1.165, 1.54) is 12.7 Å². The molecule has 2 atom stereocenters. The molecule has 1 aliphatic rings. The summed E-state index contributed by atoms with van der Waals surface area (Å²) >= 11 is 0. The summed E-state index contributed by atoms with van der Waals surface area (Å²) in [5.41, 5.74) is 3.68. The first-order valence-electron chi connectivity index (χ1n) is 9.53. The van der Waals surface area contributed by atoms with Gasteiger partial charge in [-0.05, 0) is 57.7 Å². The average Bonchev–Trinajstić information content (AvgIpc) is 2.84. The van der Waals surface area contributed by atoms with Crippen LogP contribution in [0.3, 0.4) is 0 Å². The summed E-state index contributed by atoms with van der Waals surface area (Å²) in [4.78, 5) is 26.8. The van der Waals surface area contributed by atoms with E-state index in [-0.39, 0.29) is 36.0 Å². The quantitative estimate of drug-likeness (QED) is 0.773. The highest BCUT2D eigenvalue weighted by molar-refractivity contribution is 5.97. The predicted octanol–water partition coefficient (Wildman–Crippen LogP) is 3.75. The van der Waals surface area contributed by atoms with Gasteiger partial charge in [-0.3, -0.25) is 14.9 Å². The van der Waals surface area contributed by atoms with E-state index in [0.717, 1.165) is 23.1 Å². The second kappa shape index (κ2) is 8.26. The van der Waals surface area contributed by atoms with Crippen LogP contribution in [0.15, 0.2) is 35.4 Å². The number of aryl methyl sites for hydroxylation is 1. The number of nitrogens with one attached hydrogen (secondary N) is 1. The van der Waals surface area contributed by atoms with Crippen molar-refractivity contribution in [3.63, 3.8) is 0 Å². The van der Waals surface area contributed by atoms with Crippen molar-refractivity contribution in [1.82, 2.24) is 10.2 Å². The molecule has 1 N–H and O–H groups in total. The third kappa shape index (κ3) is 4.41. The molecule has 2 rings (SSSR count). The lowest BCUT2D eigenvalue weighted by Gasteiger charge is -2.40. The van der Waals surface area contributed by atoms with E-state index in [1.807, 2.05) is 57.7 Å². The van der Waals surface area contributed by atoms with Crippen molar-refractivity contribution in [1.29, 1.82) is 0 Å². The monoisotopic (exact) mass is 372 g/mol.